The van der Waals surface area contributed by atoms with Gasteiger partial charge in [-0.3, -0.25) is 4.98 Å². The molecule has 4 rings (SSSR count). The van der Waals surface area contributed by atoms with E-state index in [1.807, 2.05) is 0 Å². The van der Waals surface area contributed by atoms with Gasteiger partial charge in [0.25, 0.3) is 0 Å². The molecule has 4 nitrogen and oxygen atoms in total. The second-order valence-corrected chi connectivity index (χ2v) is 9.39. The average Bonchev–Trinajstić information content (AvgIpc) is 3.18. The van der Waals surface area contributed by atoms with Crippen molar-refractivity contribution in [3.05, 3.63) is 76.6 Å². The summed E-state index contributed by atoms with van der Waals surface area (Å²) in [6, 6.07) is 8.07. The normalized spacial score (nSPS) is 12.4. The maximum Gasteiger partial charge on any atom is 0.416 e. The van der Waals surface area contributed by atoms with E-state index >= 15 is 0 Å². The number of alkyl halides is 3. The monoisotopic (exact) mass is 452 g/mol. The summed E-state index contributed by atoms with van der Waals surface area (Å²) in [5.41, 5.74) is -1.07. The maximum atomic E-state index is 14.4. The first-order chi connectivity index (χ1) is 14.1. The molecule has 0 saturated carbocycles. The Labute approximate surface area is 172 Å². The van der Waals surface area contributed by atoms with Crippen LogP contribution in [0.3, 0.4) is 0 Å². The van der Waals surface area contributed by atoms with E-state index in [0.29, 0.717) is 21.8 Å². The van der Waals surface area contributed by atoms with Crippen LogP contribution in [0.2, 0.25) is 0 Å². The van der Waals surface area contributed by atoms with Crippen molar-refractivity contribution in [3.63, 3.8) is 0 Å². The van der Waals surface area contributed by atoms with Gasteiger partial charge in [0.2, 0.25) is 0 Å². The molecule has 0 atom stereocenters. The number of pyridine rings is 1. The number of aromatic nitrogens is 2. The molecule has 2 aromatic heterocycles. The molecule has 2 heterocycles. The number of benzene rings is 2. The number of nitrogens with zero attached hydrogens (tertiary/aromatic N) is 2. The van der Waals surface area contributed by atoms with E-state index in [4.69, 9.17) is 0 Å². The van der Waals surface area contributed by atoms with Crippen LogP contribution in [-0.2, 0) is 21.8 Å². The first-order valence-electron chi connectivity index (χ1n) is 8.52. The van der Waals surface area contributed by atoms with Gasteiger partial charge in [0, 0.05) is 28.7 Å². The Morgan fingerprint density at radius 3 is 2.43 bits per heavy atom. The highest BCUT2D eigenvalue weighted by Crippen LogP contribution is 2.35. The molecule has 0 bridgehead atoms. The molecule has 0 spiro atoms. The molecule has 0 N–H and O–H groups in total. The van der Waals surface area contributed by atoms with Gasteiger partial charge in [-0.15, -0.1) is 11.3 Å². The van der Waals surface area contributed by atoms with E-state index in [9.17, 15) is 26.0 Å². The second kappa shape index (κ2) is 7.44. The number of fused-ring (bicyclic) bond motifs is 1. The molecule has 154 valence electrons. The van der Waals surface area contributed by atoms with Gasteiger partial charge in [0.1, 0.15) is 16.6 Å². The molecule has 0 aliphatic rings. The molecular formula is C20H12F4N2O2S2. The van der Waals surface area contributed by atoms with Gasteiger partial charge in [0.15, 0.2) is 9.84 Å². The highest BCUT2D eigenvalue weighted by molar-refractivity contribution is 7.90. The lowest BCUT2D eigenvalue weighted by atomic mass is 10.0. The number of hydrogen-bond acceptors (Lipinski definition) is 5. The quantitative estimate of drug-likeness (QED) is 0.384. The van der Waals surface area contributed by atoms with Crippen molar-refractivity contribution < 1.29 is 26.0 Å². The van der Waals surface area contributed by atoms with Crippen molar-refractivity contribution in [1.82, 2.24) is 9.97 Å². The number of rotatable bonds is 4. The Balaban J connectivity index is 1.77. The Hall–Kier alpha value is -2.85. The lowest BCUT2D eigenvalue weighted by molar-refractivity contribution is -0.137. The summed E-state index contributed by atoms with van der Waals surface area (Å²) in [5, 5.41) is 3.03. The number of halogens is 4. The number of hydrogen-bond donors (Lipinski definition) is 0. The van der Waals surface area contributed by atoms with Crippen LogP contribution in [0.1, 0.15) is 10.6 Å². The fourth-order valence-electron chi connectivity index (χ4n) is 3.02. The standard InChI is InChI=1S/C20H12F4N2O2S2/c21-17-10-13(20(22,23)24)1-3-16(17)19-15-4-2-14(9-12(15)5-6-26-19)30(27,28)11-18-25-7-8-29-18/h1-10H,11H2. The van der Waals surface area contributed by atoms with Crippen molar-refractivity contribution in [2.24, 2.45) is 0 Å². The minimum absolute atomic E-state index is 0.0650. The first kappa shape index (κ1) is 20.4. The predicted octanol–water partition coefficient (Wildman–Crippen LogP) is 5.49. The van der Waals surface area contributed by atoms with Crippen LogP contribution in [0.5, 0.6) is 0 Å². The Morgan fingerprint density at radius 2 is 1.77 bits per heavy atom. The Morgan fingerprint density at radius 1 is 0.967 bits per heavy atom. The summed E-state index contributed by atoms with van der Waals surface area (Å²) >= 11 is 1.23. The zero-order valence-corrected chi connectivity index (χ0v) is 16.7. The van der Waals surface area contributed by atoms with Crippen molar-refractivity contribution in [2.75, 3.05) is 0 Å². The molecule has 4 aromatic rings. The van der Waals surface area contributed by atoms with E-state index in [0.717, 1.165) is 12.1 Å². The summed E-state index contributed by atoms with van der Waals surface area (Å²) in [6.07, 6.45) is -1.79. The molecular weight excluding hydrogens is 440 g/mol. The molecule has 0 fully saturated rings. The Kier molecular flexibility index (Phi) is 5.07. The van der Waals surface area contributed by atoms with Crippen LogP contribution in [-0.4, -0.2) is 18.4 Å². The highest BCUT2D eigenvalue weighted by Gasteiger charge is 2.31. The van der Waals surface area contributed by atoms with Crippen molar-refractivity contribution >= 4 is 31.9 Å². The maximum absolute atomic E-state index is 14.4. The summed E-state index contributed by atoms with van der Waals surface area (Å²) < 4.78 is 78.2. The Bertz CT molecular complexity index is 1330. The smallest absolute Gasteiger partial charge is 0.255 e. The van der Waals surface area contributed by atoms with E-state index in [2.05, 4.69) is 9.97 Å². The molecule has 0 aliphatic heterocycles. The van der Waals surface area contributed by atoms with Crippen LogP contribution in [0.25, 0.3) is 22.0 Å². The van der Waals surface area contributed by atoms with Gasteiger partial charge in [-0.1, -0.05) is 6.07 Å². The summed E-state index contributed by atoms with van der Waals surface area (Å²) in [5.74, 6) is -1.31. The molecule has 30 heavy (non-hydrogen) atoms. The van der Waals surface area contributed by atoms with Crippen LogP contribution < -0.4 is 0 Å². The fourth-order valence-corrected chi connectivity index (χ4v) is 5.30. The van der Waals surface area contributed by atoms with Crippen molar-refractivity contribution in [3.8, 4) is 11.3 Å². The zero-order chi connectivity index (χ0) is 21.5. The molecule has 10 heteroatoms. The van der Waals surface area contributed by atoms with Crippen molar-refractivity contribution in [1.29, 1.82) is 0 Å². The summed E-state index contributed by atoms with van der Waals surface area (Å²) in [6.45, 7) is 0. The number of thiazole rings is 1. The van der Waals surface area contributed by atoms with Crippen LogP contribution in [0, 0.1) is 5.82 Å². The summed E-state index contributed by atoms with van der Waals surface area (Å²) in [4.78, 5) is 8.15. The van der Waals surface area contributed by atoms with Crippen LogP contribution in [0.4, 0.5) is 17.6 Å². The molecule has 0 unspecified atom stereocenters. The van der Waals surface area contributed by atoms with Crippen molar-refractivity contribution in [2.45, 2.75) is 16.8 Å². The van der Waals surface area contributed by atoms with Gasteiger partial charge in [-0.05, 0) is 41.8 Å². The molecule has 0 aliphatic carbocycles. The van der Waals surface area contributed by atoms with Gasteiger partial charge >= 0.3 is 6.18 Å². The second-order valence-electron chi connectivity index (χ2n) is 6.42. The SMILES string of the molecule is O=S(=O)(Cc1nccs1)c1ccc2c(-c3ccc(C(F)(F)F)cc3F)nccc2c1. The first-order valence-corrected chi connectivity index (χ1v) is 11.1. The fraction of sp³-hybridized carbons (Fsp3) is 0.100. The van der Waals surface area contributed by atoms with E-state index < -0.39 is 27.4 Å². The third-order valence-electron chi connectivity index (χ3n) is 4.44. The van der Waals surface area contributed by atoms with Gasteiger partial charge in [-0.2, -0.15) is 13.2 Å². The lowest BCUT2D eigenvalue weighted by Crippen LogP contribution is -2.06. The van der Waals surface area contributed by atoms with E-state index in [1.165, 1.54) is 41.9 Å². The highest BCUT2D eigenvalue weighted by atomic mass is 32.2. The van der Waals surface area contributed by atoms with Gasteiger partial charge < -0.3 is 0 Å². The topological polar surface area (TPSA) is 59.9 Å². The number of sulfone groups is 1. The minimum atomic E-state index is -4.66. The third kappa shape index (κ3) is 3.92. The molecule has 0 amide bonds. The van der Waals surface area contributed by atoms with Crippen LogP contribution >= 0.6 is 11.3 Å². The summed E-state index contributed by atoms with van der Waals surface area (Å²) in [7, 11) is -3.65. The average molecular weight is 452 g/mol. The molecule has 0 radical (unpaired) electrons. The zero-order valence-electron chi connectivity index (χ0n) is 15.0. The van der Waals surface area contributed by atoms with Crippen LogP contribution in [0.15, 0.2) is 65.1 Å². The molecule has 2 aromatic carbocycles. The lowest BCUT2D eigenvalue weighted by Gasteiger charge is -2.11. The third-order valence-corrected chi connectivity index (χ3v) is 7.03. The predicted molar refractivity (Wildman–Crippen MR) is 105 cm³/mol. The van der Waals surface area contributed by atoms with E-state index in [-0.39, 0.29) is 21.9 Å². The van der Waals surface area contributed by atoms with Gasteiger partial charge in [-0.25, -0.2) is 17.8 Å². The minimum Gasteiger partial charge on any atom is -0.255 e. The van der Waals surface area contributed by atoms with Gasteiger partial charge in [0.05, 0.1) is 16.2 Å². The largest absolute Gasteiger partial charge is 0.416 e. The van der Waals surface area contributed by atoms with E-state index in [1.54, 1.807) is 11.4 Å². The molecule has 0 saturated heterocycles.